The van der Waals surface area contributed by atoms with E-state index >= 15 is 0 Å². The maximum Gasteiger partial charge on any atom is 0.125 e. The molecule has 0 aliphatic carbocycles. The lowest BCUT2D eigenvalue weighted by Gasteiger charge is -2.13. The summed E-state index contributed by atoms with van der Waals surface area (Å²) in [6, 6.07) is 4.17. The van der Waals surface area contributed by atoms with Crippen molar-refractivity contribution in [1.29, 1.82) is 0 Å². The molecular weight excluding hydrogens is 300 g/mol. The second-order valence-corrected chi connectivity index (χ2v) is 6.19. The first kappa shape index (κ1) is 13.2. The third-order valence-corrected chi connectivity index (χ3v) is 4.04. The molecule has 4 heteroatoms. The van der Waals surface area contributed by atoms with Crippen LogP contribution in [0.5, 0.6) is 5.75 Å². The molecule has 0 fully saturated rings. The number of thioether (sulfide) groups is 1. The lowest BCUT2D eigenvalue weighted by atomic mass is 10.0. The maximum atomic E-state index is 9.97. The van der Waals surface area contributed by atoms with E-state index in [4.69, 9.17) is 4.74 Å². The highest BCUT2D eigenvalue weighted by atomic mass is 79.9. The summed E-state index contributed by atoms with van der Waals surface area (Å²) >= 11 is 5.29. The van der Waals surface area contributed by atoms with Crippen molar-refractivity contribution >= 4 is 27.7 Å². The molecule has 1 aliphatic rings. The lowest BCUT2D eigenvalue weighted by Crippen LogP contribution is -2.12. The molecule has 1 aliphatic heterocycles. The van der Waals surface area contributed by atoms with Crippen molar-refractivity contribution < 1.29 is 9.84 Å². The molecule has 2 rings (SSSR count). The van der Waals surface area contributed by atoms with E-state index < -0.39 is 0 Å². The van der Waals surface area contributed by atoms with Gasteiger partial charge in [0.05, 0.1) is 12.7 Å². The van der Waals surface area contributed by atoms with Gasteiger partial charge in [-0.1, -0.05) is 15.9 Å². The van der Waals surface area contributed by atoms with Crippen molar-refractivity contribution in [2.75, 3.05) is 18.6 Å². The number of fused-ring (bicyclic) bond motifs is 1. The second kappa shape index (κ2) is 6.12. The van der Waals surface area contributed by atoms with Gasteiger partial charge in [0.25, 0.3) is 0 Å². The number of hydrogen-bond donors (Lipinski definition) is 1. The van der Waals surface area contributed by atoms with Crippen molar-refractivity contribution in [3.05, 3.63) is 27.7 Å². The van der Waals surface area contributed by atoms with Crippen LogP contribution in [0, 0.1) is 0 Å². The highest BCUT2D eigenvalue weighted by Crippen LogP contribution is 2.33. The SMILES string of the molecule is CSCCC(O)Cc1cc(Br)cc2c1OCC2. The number of hydrogen-bond acceptors (Lipinski definition) is 3. The Morgan fingerprint density at radius 1 is 1.53 bits per heavy atom. The van der Waals surface area contributed by atoms with Crippen LogP contribution < -0.4 is 4.74 Å². The summed E-state index contributed by atoms with van der Waals surface area (Å²) in [5.41, 5.74) is 2.38. The Labute approximate surface area is 115 Å². The first-order valence-corrected chi connectivity index (χ1v) is 8.00. The van der Waals surface area contributed by atoms with Crippen LogP contribution in [0.15, 0.2) is 16.6 Å². The minimum absolute atomic E-state index is 0.273. The second-order valence-electron chi connectivity index (χ2n) is 4.29. The number of rotatable bonds is 5. The molecule has 0 spiro atoms. The first-order valence-electron chi connectivity index (χ1n) is 5.82. The van der Waals surface area contributed by atoms with Gasteiger partial charge in [0.2, 0.25) is 0 Å². The summed E-state index contributed by atoms with van der Waals surface area (Å²) in [5, 5.41) is 9.97. The predicted molar refractivity (Wildman–Crippen MR) is 76.1 cm³/mol. The minimum Gasteiger partial charge on any atom is -0.493 e. The summed E-state index contributed by atoms with van der Waals surface area (Å²) in [7, 11) is 0. The maximum absolute atomic E-state index is 9.97. The summed E-state index contributed by atoms with van der Waals surface area (Å²) in [5.74, 6) is 1.99. The largest absolute Gasteiger partial charge is 0.493 e. The lowest BCUT2D eigenvalue weighted by molar-refractivity contribution is 0.171. The number of aliphatic hydroxyl groups excluding tert-OH is 1. The molecule has 0 radical (unpaired) electrons. The van der Waals surface area contributed by atoms with E-state index in [0.29, 0.717) is 6.42 Å². The fourth-order valence-electron chi connectivity index (χ4n) is 2.11. The molecule has 0 aromatic heterocycles. The molecule has 17 heavy (non-hydrogen) atoms. The Morgan fingerprint density at radius 3 is 3.12 bits per heavy atom. The third kappa shape index (κ3) is 3.39. The van der Waals surface area contributed by atoms with Crippen LogP contribution in [0.1, 0.15) is 17.5 Å². The molecule has 1 aromatic carbocycles. The molecule has 2 nitrogen and oxygen atoms in total. The number of aliphatic hydroxyl groups is 1. The van der Waals surface area contributed by atoms with Crippen LogP contribution >= 0.6 is 27.7 Å². The Hall–Kier alpha value is -0.190. The van der Waals surface area contributed by atoms with Crippen LogP contribution in [0.2, 0.25) is 0 Å². The molecule has 0 bridgehead atoms. The van der Waals surface area contributed by atoms with E-state index in [1.165, 1.54) is 5.56 Å². The zero-order valence-corrected chi connectivity index (χ0v) is 12.3. The van der Waals surface area contributed by atoms with Crippen LogP contribution in [-0.4, -0.2) is 29.8 Å². The van der Waals surface area contributed by atoms with Gasteiger partial charge in [-0.2, -0.15) is 11.8 Å². The van der Waals surface area contributed by atoms with Crippen molar-refractivity contribution in [2.45, 2.75) is 25.4 Å². The average molecular weight is 317 g/mol. The van der Waals surface area contributed by atoms with Gasteiger partial charge in [-0.15, -0.1) is 0 Å². The standard InChI is InChI=1S/C13H17BrO2S/c1-17-5-3-12(15)8-10-7-11(14)6-9-2-4-16-13(9)10/h6-7,12,15H,2-5,8H2,1H3. The van der Waals surface area contributed by atoms with Gasteiger partial charge in [0.1, 0.15) is 5.75 Å². The van der Waals surface area contributed by atoms with Crippen molar-refractivity contribution in [2.24, 2.45) is 0 Å². The number of benzene rings is 1. The zero-order valence-electron chi connectivity index (χ0n) is 9.91. The minimum atomic E-state index is -0.273. The van der Waals surface area contributed by atoms with Crippen LogP contribution in [0.25, 0.3) is 0 Å². The molecule has 1 unspecified atom stereocenters. The third-order valence-electron chi connectivity index (χ3n) is 2.94. The molecule has 1 atom stereocenters. The van der Waals surface area contributed by atoms with Crippen molar-refractivity contribution in [1.82, 2.24) is 0 Å². The first-order chi connectivity index (χ1) is 8.20. The number of halogens is 1. The summed E-state index contributed by atoms with van der Waals surface area (Å²) < 4.78 is 6.73. The van der Waals surface area contributed by atoms with Gasteiger partial charge in [-0.25, -0.2) is 0 Å². The van der Waals surface area contributed by atoms with Gasteiger partial charge in [-0.3, -0.25) is 0 Å². The quantitative estimate of drug-likeness (QED) is 0.905. The predicted octanol–water partition coefficient (Wildman–Crippen LogP) is 3.04. The van der Waals surface area contributed by atoms with Crippen LogP contribution in [0.3, 0.4) is 0 Å². The van der Waals surface area contributed by atoms with Gasteiger partial charge in [0.15, 0.2) is 0 Å². The highest BCUT2D eigenvalue weighted by Gasteiger charge is 2.19. The van der Waals surface area contributed by atoms with Gasteiger partial charge in [-0.05, 0) is 41.7 Å². The Kier molecular flexibility index (Phi) is 4.77. The fourth-order valence-corrected chi connectivity index (χ4v) is 3.17. The smallest absolute Gasteiger partial charge is 0.125 e. The summed E-state index contributed by atoms with van der Waals surface area (Å²) in [4.78, 5) is 0. The Bertz CT molecular complexity index is 395. The van der Waals surface area contributed by atoms with Gasteiger partial charge >= 0.3 is 0 Å². The van der Waals surface area contributed by atoms with E-state index in [1.54, 1.807) is 11.8 Å². The fraction of sp³-hybridized carbons (Fsp3) is 0.538. The Morgan fingerprint density at radius 2 is 2.35 bits per heavy atom. The van der Waals surface area contributed by atoms with Crippen LogP contribution in [-0.2, 0) is 12.8 Å². The monoisotopic (exact) mass is 316 g/mol. The average Bonchev–Trinajstić information content (AvgIpc) is 2.74. The van der Waals surface area contributed by atoms with Crippen LogP contribution in [0.4, 0.5) is 0 Å². The van der Waals surface area contributed by atoms with Gasteiger partial charge in [0, 0.05) is 17.3 Å². The normalized spacial score (nSPS) is 15.5. The van der Waals surface area contributed by atoms with E-state index in [2.05, 4.69) is 34.3 Å². The Balaban J connectivity index is 2.10. The molecule has 94 valence electrons. The molecule has 0 saturated carbocycles. The van der Waals surface area contributed by atoms with E-state index in [0.717, 1.165) is 41.0 Å². The molecule has 1 heterocycles. The zero-order chi connectivity index (χ0) is 12.3. The highest BCUT2D eigenvalue weighted by molar-refractivity contribution is 9.10. The molecular formula is C13H17BrO2S. The van der Waals surface area contributed by atoms with E-state index in [-0.39, 0.29) is 6.10 Å². The molecule has 0 saturated heterocycles. The number of ether oxygens (including phenoxy) is 1. The topological polar surface area (TPSA) is 29.5 Å². The molecule has 1 aromatic rings. The van der Waals surface area contributed by atoms with E-state index in [9.17, 15) is 5.11 Å². The summed E-state index contributed by atoms with van der Waals surface area (Å²) in [6.45, 7) is 0.764. The van der Waals surface area contributed by atoms with Crippen molar-refractivity contribution in [3.63, 3.8) is 0 Å². The molecule has 0 amide bonds. The summed E-state index contributed by atoms with van der Waals surface area (Å²) in [6.07, 6.45) is 4.28. The molecule has 1 N–H and O–H groups in total. The van der Waals surface area contributed by atoms with E-state index in [1.807, 2.05) is 0 Å². The van der Waals surface area contributed by atoms with Crippen molar-refractivity contribution in [3.8, 4) is 5.75 Å². The van der Waals surface area contributed by atoms with Gasteiger partial charge < -0.3 is 9.84 Å².